The summed E-state index contributed by atoms with van der Waals surface area (Å²) in [6.45, 7) is 6.29. The van der Waals surface area contributed by atoms with Crippen LogP contribution in [0.5, 0.6) is 0 Å². The molecule has 0 aliphatic carbocycles. The van der Waals surface area contributed by atoms with Crippen molar-refractivity contribution in [2.24, 2.45) is 0 Å². The Morgan fingerprint density at radius 2 is 2.14 bits per heavy atom. The molecule has 6 nitrogen and oxygen atoms in total. The summed E-state index contributed by atoms with van der Waals surface area (Å²) in [6, 6.07) is 1.90. The zero-order valence-electron chi connectivity index (χ0n) is 12.4. The van der Waals surface area contributed by atoms with Crippen molar-refractivity contribution in [1.29, 1.82) is 0 Å². The minimum Gasteiger partial charge on any atom is -0.396 e. The molecule has 0 aliphatic heterocycles. The molecular weight excluding hydrogens is 266 g/mol. The van der Waals surface area contributed by atoms with Gasteiger partial charge in [0.25, 0.3) is 5.91 Å². The summed E-state index contributed by atoms with van der Waals surface area (Å²) in [4.78, 5) is 24.6. The molecular formula is C15H19N5O. The molecule has 2 aromatic heterocycles. The van der Waals surface area contributed by atoms with Crippen LogP contribution in [-0.2, 0) is 6.54 Å². The van der Waals surface area contributed by atoms with Crippen molar-refractivity contribution in [1.82, 2.24) is 20.3 Å². The Morgan fingerprint density at radius 3 is 2.81 bits per heavy atom. The number of amides is 1. The molecule has 2 rings (SSSR count). The summed E-state index contributed by atoms with van der Waals surface area (Å²) in [6.07, 6.45) is 4.93. The molecule has 0 bridgehead atoms. The first-order chi connectivity index (χ1) is 9.99. The Hall–Kier alpha value is -2.50. The van der Waals surface area contributed by atoms with Crippen molar-refractivity contribution in [3.63, 3.8) is 0 Å². The summed E-state index contributed by atoms with van der Waals surface area (Å²) in [5.41, 5.74) is 8.32. The predicted octanol–water partition coefficient (Wildman–Crippen LogP) is 1.82. The molecule has 0 aromatic carbocycles. The Balaban J connectivity index is 2.14. The lowest BCUT2D eigenvalue weighted by Crippen LogP contribution is -2.26. The third-order valence-corrected chi connectivity index (χ3v) is 3.15. The summed E-state index contributed by atoms with van der Waals surface area (Å²) in [5.74, 6) is 0.435. The molecule has 21 heavy (non-hydrogen) atoms. The summed E-state index contributed by atoms with van der Waals surface area (Å²) in [7, 11) is 0. The molecule has 0 aliphatic rings. The van der Waals surface area contributed by atoms with Gasteiger partial charge in [-0.25, -0.2) is 9.97 Å². The largest absolute Gasteiger partial charge is 0.396 e. The Kier molecular flexibility index (Phi) is 4.47. The maximum absolute atomic E-state index is 12.2. The topological polar surface area (TPSA) is 93.8 Å². The highest BCUT2D eigenvalue weighted by atomic mass is 16.1. The number of hydrogen-bond donors (Lipinski definition) is 2. The number of carbonyl (C=O) groups excluding carboxylic acids is 1. The highest BCUT2D eigenvalue weighted by Gasteiger charge is 2.15. The number of nitrogens with zero attached hydrogens (tertiary/aromatic N) is 3. The van der Waals surface area contributed by atoms with Crippen molar-refractivity contribution in [2.45, 2.75) is 33.2 Å². The van der Waals surface area contributed by atoms with Crippen molar-refractivity contribution in [2.75, 3.05) is 5.73 Å². The average Bonchev–Trinajstić information content (AvgIpc) is 2.46. The van der Waals surface area contributed by atoms with E-state index in [1.54, 1.807) is 12.4 Å². The van der Waals surface area contributed by atoms with Crippen LogP contribution in [0.25, 0.3) is 0 Å². The molecule has 0 radical (unpaired) electrons. The van der Waals surface area contributed by atoms with Gasteiger partial charge in [0.2, 0.25) is 0 Å². The number of nitrogens with one attached hydrogen (secondary N) is 1. The Morgan fingerprint density at radius 1 is 1.38 bits per heavy atom. The normalized spacial score (nSPS) is 10.7. The lowest BCUT2D eigenvalue weighted by Gasteiger charge is -2.10. The maximum Gasteiger partial charge on any atom is 0.272 e. The van der Waals surface area contributed by atoms with Gasteiger partial charge in [-0.2, -0.15) is 0 Å². The number of aromatic nitrogens is 3. The van der Waals surface area contributed by atoms with Gasteiger partial charge in [0, 0.05) is 24.9 Å². The zero-order valence-corrected chi connectivity index (χ0v) is 12.4. The van der Waals surface area contributed by atoms with E-state index < -0.39 is 0 Å². The van der Waals surface area contributed by atoms with E-state index in [1.165, 1.54) is 6.20 Å². The third-order valence-electron chi connectivity index (χ3n) is 3.15. The highest BCUT2D eigenvalue weighted by Crippen LogP contribution is 2.14. The van der Waals surface area contributed by atoms with Crippen LogP contribution in [0.15, 0.2) is 24.7 Å². The maximum atomic E-state index is 12.2. The number of aryl methyl sites for hydroxylation is 1. The first kappa shape index (κ1) is 14.9. The van der Waals surface area contributed by atoms with E-state index in [-0.39, 0.29) is 23.2 Å². The first-order valence-corrected chi connectivity index (χ1v) is 6.79. The number of carbonyl (C=O) groups is 1. The van der Waals surface area contributed by atoms with Gasteiger partial charge in [-0.1, -0.05) is 13.8 Å². The molecule has 2 heterocycles. The molecule has 1 amide bonds. The van der Waals surface area contributed by atoms with Gasteiger partial charge in [-0.3, -0.25) is 9.78 Å². The van der Waals surface area contributed by atoms with Crippen LogP contribution in [0.3, 0.4) is 0 Å². The number of rotatable bonds is 4. The van der Waals surface area contributed by atoms with E-state index in [9.17, 15) is 4.79 Å². The van der Waals surface area contributed by atoms with Crippen molar-refractivity contribution in [3.8, 4) is 0 Å². The lowest BCUT2D eigenvalue weighted by atomic mass is 10.1. The fourth-order valence-corrected chi connectivity index (χ4v) is 1.81. The van der Waals surface area contributed by atoms with E-state index in [2.05, 4.69) is 20.3 Å². The second-order valence-corrected chi connectivity index (χ2v) is 5.17. The quantitative estimate of drug-likeness (QED) is 0.893. The van der Waals surface area contributed by atoms with E-state index in [4.69, 9.17) is 5.73 Å². The Labute approximate surface area is 123 Å². The fourth-order valence-electron chi connectivity index (χ4n) is 1.81. The molecule has 2 aromatic rings. The van der Waals surface area contributed by atoms with Crippen LogP contribution in [0.2, 0.25) is 0 Å². The molecule has 3 N–H and O–H groups in total. The molecule has 0 saturated heterocycles. The van der Waals surface area contributed by atoms with E-state index in [1.807, 2.05) is 26.8 Å². The van der Waals surface area contributed by atoms with Gasteiger partial charge in [0.15, 0.2) is 5.69 Å². The molecule has 0 unspecified atom stereocenters. The number of anilines is 1. The fraction of sp³-hybridized carbons (Fsp3) is 0.333. The van der Waals surface area contributed by atoms with Crippen LogP contribution in [-0.4, -0.2) is 20.9 Å². The minimum atomic E-state index is -0.306. The lowest BCUT2D eigenvalue weighted by molar-refractivity contribution is 0.0946. The summed E-state index contributed by atoms with van der Waals surface area (Å²) < 4.78 is 0. The summed E-state index contributed by atoms with van der Waals surface area (Å²) >= 11 is 0. The molecule has 6 heteroatoms. The second-order valence-electron chi connectivity index (χ2n) is 5.17. The van der Waals surface area contributed by atoms with Crippen molar-refractivity contribution < 1.29 is 4.79 Å². The van der Waals surface area contributed by atoms with Gasteiger partial charge in [-0.15, -0.1) is 0 Å². The van der Waals surface area contributed by atoms with Gasteiger partial charge < -0.3 is 11.1 Å². The number of hydrogen-bond acceptors (Lipinski definition) is 5. The van der Waals surface area contributed by atoms with Crippen molar-refractivity contribution >= 4 is 11.6 Å². The van der Waals surface area contributed by atoms with Crippen molar-refractivity contribution in [3.05, 3.63) is 47.3 Å². The van der Waals surface area contributed by atoms with Gasteiger partial charge in [-0.05, 0) is 24.1 Å². The first-order valence-electron chi connectivity index (χ1n) is 6.79. The van der Waals surface area contributed by atoms with Gasteiger partial charge >= 0.3 is 0 Å². The Bertz CT molecular complexity index is 654. The van der Waals surface area contributed by atoms with Crippen LogP contribution < -0.4 is 11.1 Å². The summed E-state index contributed by atoms with van der Waals surface area (Å²) in [5, 5.41) is 2.81. The molecule has 0 atom stereocenters. The van der Waals surface area contributed by atoms with E-state index in [0.717, 1.165) is 11.1 Å². The molecule has 0 fully saturated rings. The average molecular weight is 285 g/mol. The van der Waals surface area contributed by atoms with Crippen LogP contribution in [0.1, 0.15) is 47.2 Å². The smallest absolute Gasteiger partial charge is 0.272 e. The predicted molar refractivity (Wildman–Crippen MR) is 80.7 cm³/mol. The van der Waals surface area contributed by atoms with Crippen LogP contribution >= 0.6 is 0 Å². The number of pyridine rings is 1. The molecule has 110 valence electrons. The monoisotopic (exact) mass is 285 g/mol. The molecule has 0 spiro atoms. The number of nitrogens with two attached hydrogens (primary N) is 1. The minimum absolute atomic E-state index is 0.137. The standard InChI is InChI=1S/C15H19N5O/c1-9(2)14-18-8-12(16)13(20-14)15(21)19-7-11-6-17-5-4-10(11)3/h4-6,8-9H,7,16H2,1-3H3,(H,19,21). The van der Waals surface area contributed by atoms with E-state index in [0.29, 0.717) is 12.4 Å². The second kappa shape index (κ2) is 6.30. The SMILES string of the molecule is Cc1ccncc1CNC(=O)c1nc(C(C)C)ncc1N. The zero-order chi connectivity index (χ0) is 15.4. The third kappa shape index (κ3) is 3.53. The van der Waals surface area contributed by atoms with Gasteiger partial charge in [0.05, 0.1) is 11.9 Å². The van der Waals surface area contributed by atoms with Crippen LogP contribution in [0.4, 0.5) is 5.69 Å². The van der Waals surface area contributed by atoms with Crippen LogP contribution in [0, 0.1) is 6.92 Å². The molecule has 0 saturated carbocycles. The number of nitrogen functional groups attached to an aromatic ring is 1. The van der Waals surface area contributed by atoms with Gasteiger partial charge in [0.1, 0.15) is 5.82 Å². The van der Waals surface area contributed by atoms with E-state index >= 15 is 0 Å². The highest BCUT2D eigenvalue weighted by molar-refractivity contribution is 5.96.